The number of hydrogen-bond acceptors (Lipinski definition) is 3. The Kier molecular flexibility index (Phi) is 6.54. The Morgan fingerprint density at radius 1 is 1.00 bits per heavy atom. The topological polar surface area (TPSA) is 61.4 Å². The molecule has 0 spiro atoms. The molecule has 1 fully saturated rings. The van der Waals surface area contributed by atoms with Crippen molar-refractivity contribution >= 4 is 17.5 Å². The summed E-state index contributed by atoms with van der Waals surface area (Å²) in [4.78, 5) is 26.5. The number of nitrogens with one attached hydrogen (secondary N) is 2. The van der Waals surface area contributed by atoms with Crippen molar-refractivity contribution in [2.75, 3.05) is 25.0 Å². The molecule has 2 N–H and O–H groups in total. The first-order chi connectivity index (χ1) is 13.1. The fourth-order valence-corrected chi connectivity index (χ4v) is 3.22. The number of piperidine rings is 1. The van der Waals surface area contributed by atoms with Crippen molar-refractivity contribution in [2.45, 2.75) is 19.4 Å². The zero-order valence-corrected chi connectivity index (χ0v) is 15.2. The molecule has 27 heavy (non-hydrogen) atoms. The summed E-state index contributed by atoms with van der Waals surface area (Å²) < 4.78 is 12.9. The summed E-state index contributed by atoms with van der Waals surface area (Å²) in [5, 5.41) is 5.76. The Morgan fingerprint density at radius 2 is 1.67 bits per heavy atom. The molecule has 0 atom stereocenters. The van der Waals surface area contributed by atoms with Gasteiger partial charge in [0.15, 0.2) is 0 Å². The number of hydrogen-bond donors (Lipinski definition) is 2. The van der Waals surface area contributed by atoms with Gasteiger partial charge in [-0.05, 0) is 55.8 Å². The summed E-state index contributed by atoms with van der Waals surface area (Å²) in [5.74, 6) is -0.395. The van der Waals surface area contributed by atoms with E-state index in [4.69, 9.17) is 0 Å². The Balaban J connectivity index is 1.38. The van der Waals surface area contributed by atoms with Gasteiger partial charge in [0.2, 0.25) is 11.8 Å². The van der Waals surface area contributed by atoms with E-state index in [1.807, 2.05) is 35.2 Å². The van der Waals surface area contributed by atoms with Gasteiger partial charge in [0.25, 0.3) is 0 Å². The van der Waals surface area contributed by atoms with Crippen molar-refractivity contribution in [3.63, 3.8) is 0 Å². The second-order valence-electron chi connectivity index (χ2n) is 6.81. The number of rotatable bonds is 6. The lowest BCUT2D eigenvalue weighted by Gasteiger charge is -2.30. The van der Waals surface area contributed by atoms with Crippen LogP contribution >= 0.6 is 0 Å². The fraction of sp³-hybridized carbons (Fsp3) is 0.333. The maximum Gasteiger partial charge on any atom is 0.238 e. The smallest absolute Gasteiger partial charge is 0.238 e. The van der Waals surface area contributed by atoms with Crippen molar-refractivity contribution in [3.8, 4) is 0 Å². The van der Waals surface area contributed by atoms with E-state index < -0.39 is 0 Å². The van der Waals surface area contributed by atoms with E-state index >= 15 is 0 Å². The molecular formula is C21H24FN3O2. The first kappa shape index (κ1) is 19.0. The fourth-order valence-electron chi connectivity index (χ4n) is 3.22. The molecule has 2 aromatic rings. The molecule has 0 unspecified atom stereocenters. The highest BCUT2D eigenvalue weighted by Crippen LogP contribution is 2.18. The van der Waals surface area contributed by atoms with E-state index in [1.165, 1.54) is 24.3 Å². The highest BCUT2D eigenvalue weighted by Gasteiger charge is 2.25. The first-order valence-electron chi connectivity index (χ1n) is 9.19. The molecule has 0 bridgehead atoms. The van der Waals surface area contributed by atoms with Gasteiger partial charge in [-0.1, -0.05) is 30.3 Å². The normalized spacial score (nSPS) is 15.3. The third kappa shape index (κ3) is 5.89. The van der Waals surface area contributed by atoms with Crippen LogP contribution in [0.1, 0.15) is 18.4 Å². The molecule has 0 aromatic heterocycles. The van der Waals surface area contributed by atoms with Crippen LogP contribution in [0.3, 0.4) is 0 Å². The lowest BCUT2D eigenvalue weighted by atomic mass is 9.96. The summed E-state index contributed by atoms with van der Waals surface area (Å²) in [6.07, 6.45) is 1.48. The van der Waals surface area contributed by atoms with Gasteiger partial charge in [0.1, 0.15) is 5.82 Å². The number of benzene rings is 2. The average molecular weight is 369 g/mol. The zero-order valence-electron chi connectivity index (χ0n) is 15.2. The molecule has 142 valence electrons. The Hall–Kier alpha value is -2.73. The Morgan fingerprint density at radius 3 is 2.33 bits per heavy atom. The van der Waals surface area contributed by atoms with Crippen LogP contribution in [0, 0.1) is 11.7 Å². The van der Waals surface area contributed by atoms with E-state index in [0.717, 1.165) is 18.4 Å². The molecule has 6 heteroatoms. The Labute approximate surface area is 158 Å². The van der Waals surface area contributed by atoms with Gasteiger partial charge in [0.05, 0.1) is 6.54 Å². The molecule has 3 rings (SSSR count). The van der Waals surface area contributed by atoms with Crippen LogP contribution in [0.25, 0.3) is 0 Å². The number of carbonyl (C=O) groups excluding carboxylic acids is 2. The number of likely N-dealkylation sites (tertiary alicyclic amines) is 1. The largest absolute Gasteiger partial charge is 0.352 e. The lowest BCUT2D eigenvalue weighted by Crippen LogP contribution is -2.43. The Bertz CT molecular complexity index is 757. The number of halogens is 1. The van der Waals surface area contributed by atoms with Crippen molar-refractivity contribution in [3.05, 3.63) is 66.0 Å². The van der Waals surface area contributed by atoms with Crippen LogP contribution in [-0.2, 0) is 16.1 Å². The van der Waals surface area contributed by atoms with Crippen LogP contribution < -0.4 is 10.6 Å². The van der Waals surface area contributed by atoms with Gasteiger partial charge in [-0.2, -0.15) is 0 Å². The SMILES string of the molecule is O=C(CN1CCC(C(=O)NCc2ccccc2)CC1)Nc1ccc(F)cc1. The second-order valence-corrected chi connectivity index (χ2v) is 6.81. The minimum absolute atomic E-state index is 0.00915. The van der Waals surface area contributed by atoms with E-state index in [9.17, 15) is 14.0 Å². The van der Waals surface area contributed by atoms with Gasteiger partial charge >= 0.3 is 0 Å². The summed E-state index contributed by atoms with van der Waals surface area (Å²) in [6, 6.07) is 15.5. The monoisotopic (exact) mass is 369 g/mol. The number of amides is 2. The van der Waals surface area contributed by atoms with Crippen LogP contribution in [0.5, 0.6) is 0 Å². The van der Waals surface area contributed by atoms with Gasteiger partial charge < -0.3 is 10.6 Å². The van der Waals surface area contributed by atoms with Crippen LogP contribution in [0.4, 0.5) is 10.1 Å². The number of carbonyl (C=O) groups is 2. The highest BCUT2D eigenvalue weighted by molar-refractivity contribution is 5.92. The number of anilines is 1. The zero-order chi connectivity index (χ0) is 19.1. The minimum atomic E-state index is -0.333. The highest BCUT2D eigenvalue weighted by atomic mass is 19.1. The first-order valence-corrected chi connectivity index (χ1v) is 9.19. The summed E-state index contributed by atoms with van der Waals surface area (Å²) >= 11 is 0. The summed E-state index contributed by atoms with van der Waals surface area (Å²) in [5.41, 5.74) is 1.66. The number of nitrogens with zero attached hydrogens (tertiary/aromatic N) is 1. The molecule has 1 aliphatic heterocycles. The molecule has 5 nitrogen and oxygen atoms in total. The van der Waals surface area contributed by atoms with Gasteiger partial charge in [-0.3, -0.25) is 14.5 Å². The third-order valence-electron chi connectivity index (χ3n) is 4.76. The van der Waals surface area contributed by atoms with E-state index in [0.29, 0.717) is 25.3 Å². The maximum absolute atomic E-state index is 12.9. The van der Waals surface area contributed by atoms with Crippen molar-refractivity contribution < 1.29 is 14.0 Å². The van der Waals surface area contributed by atoms with Gasteiger partial charge in [-0.25, -0.2) is 4.39 Å². The van der Waals surface area contributed by atoms with Gasteiger partial charge in [0, 0.05) is 18.2 Å². The minimum Gasteiger partial charge on any atom is -0.352 e. The molecular weight excluding hydrogens is 345 g/mol. The van der Waals surface area contributed by atoms with Crippen LogP contribution in [0.15, 0.2) is 54.6 Å². The lowest BCUT2D eigenvalue weighted by molar-refractivity contribution is -0.126. The summed E-state index contributed by atoms with van der Waals surface area (Å²) in [7, 11) is 0. The van der Waals surface area contributed by atoms with Crippen LogP contribution in [0.2, 0.25) is 0 Å². The van der Waals surface area contributed by atoms with E-state index in [2.05, 4.69) is 10.6 Å². The van der Waals surface area contributed by atoms with E-state index in [-0.39, 0.29) is 30.1 Å². The summed E-state index contributed by atoms with van der Waals surface area (Å²) in [6.45, 7) is 2.23. The molecule has 2 aromatic carbocycles. The average Bonchev–Trinajstić information content (AvgIpc) is 2.69. The van der Waals surface area contributed by atoms with Crippen molar-refractivity contribution in [1.82, 2.24) is 10.2 Å². The molecule has 0 radical (unpaired) electrons. The van der Waals surface area contributed by atoms with Crippen molar-refractivity contribution in [2.24, 2.45) is 5.92 Å². The van der Waals surface area contributed by atoms with Gasteiger partial charge in [-0.15, -0.1) is 0 Å². The molecule has 0 aliphatic carbocycles. The maximum atomic E-state index is 12.9. The van der Waals surface area contributed by atoms with Crippen molar-refractivity contribution in [1.29, 1.82) is 0 Å². The van der Waals surface area contributed by atoms with Crippen LogP contribution in [-0.4, -0.2) is 36.3 Å². The third-order valence-corrected chi connectivity index (χ3v) is 4.76. The quantitative estimate of drug-likeness (QED) is 0.823. The van der Waals surface area contributed by atoms with E-state index in [1.54, 1.807) is 0 Å². The predicted octanol–water partition coefficient (Wildman–Crippen LogP) is 2.79. The second kappa shape index (κ2) is 9.28. The molecule has 2 amide bonds. The molecule has 1 aliphatic rings. The molecule has 1 heterocycles. The standard InChI is InChI=1S/C21H24FN3O2/c22-18-6-8-19(9-7-18)24-20(26)15-25-12-10-17(11-13-25)21(27)23-14-16-4-2-1-3-5-16/h1-9,17H,10-15H2,(H,23,27)(H,24,26). The molecule has 1 saturated heterocycles. The molecule has 0 saturated carbocycles. The predicted molar refractivity (Wildman–Crippen MR) is 102 cm³/mol.